The third-order valence-corrected chi connectivity index (χ3v) is 4.10. The number of nitrogens with zero attached hydrogens (tertiary/aromatic N) is 1. The van der Waals surface area contributed by atoms with E-state index in [2.05, 4.69) is 15.9 Å². The van der Waals surface area contributed by atoms with Crippen LogP contribution in [0.4, 0.5) is 5.69 Å². The summed E-state index contributed by atoms with van der Waals surface area (Å²) in [5, 5.41) is 9.07. The molecule has 5 heteroatoms. The van der Waals surface area contributed by atoms with Crippen molar-refractivity contribution in [3.63, 3.8) is 0 Å². The molecular formula is C12H15BrN2O2. The molecule has 0 aromatic heterocycles. The minimum Gasteiger partial charge on any atom is -0.480 e. The summed E-state index contributed by atoms with van der Waals surface area (Å²) in [5.74, 6) is -0.925. The summed E-state index contributed by atoms with van der Waals surface area (Å²) < 4.78 is 1.03. The molecule has 1 saturated heterocycles. The number of benzene rings is 1. The Hall–Kier alpha value is -1.07. The Morgan fingerprint density at radius 1 is 1.59 bits per heavy atom. The lowest BCUT2D eigenvalue weighted by Crippen LogP contribution is -2.50. The number of hydrogen-bond acceptors (Lipinski definition) is 3. The van der Waals surface area contributed by atoms with Crippen molar-refractivity contribution >= 4 is 27.6 Å². The second-order valence-electron chi connectivity index (χ2n) is 4.57. The van der Waals surface area contributed by atoms with Gasteiger partial charge in [0.05, 0.1) is 0 Å². The Morgan fingerprint density at radius 2 is 2.29 bits per heavy atom. The summed E-state index contributed by atoms with van der Waals surface area (Å²) in [6.45, 7) is 3.05. The standard InChI is InChI=1S/C12H15BrN2O2/c1-8-2-3-9(6-10(8)13)15-5-4-12(14,7-15)11(16)17/h2-3,6H,4-5,7,14H2,1H3,(H,16,17). The molecule has 0 amide bonds. The third-order valence-electron chi connectivity index (χ3n) is 3.25. The van der Waals surface area contributed by atoms with E-state index < -0.39 is 11.5 Å². The average Bonchev–Trinajstić information content (AvgIpc) is 2.67. The maximum absolute atomic E-state index is 11.1. The Kier molecular flexibility index (Phi) is 3.14. The van der Waals surface area contributed by atoms with Crippen molar-refractivity contribution in [2.45, 2.75) is 18.9 Å². The highest BCUT2D eigenvalue weighted by Crippen LogP contribution is 2.29. The van der Waals surface area contributed by atoms with E-state index in [4.69, 9.17) is 10.8 Å². The molecule has 2 rings (SSSR count). The van der Waals surface area contributed by atoms with Gasteiger partial charge in [0.2, 0.25) is 0 Å². The maximum Gasteiger partial charge on any atom is 0.325 e. The highest BCUT2D eigenvalue weighted by atomic mass is 79.9. The summed E-state index contributed by atoms with van der Waals surface area (Å²) in [7, 11) is 0. The smallest absolute Gasteiger partial charge is 0.325 e. The highest BCUT2D eigenvalue weighted by Gasteiger charge is 2.41. The monoisotopic (exact) mass is 298 g/mol. The molecule has 1 aromatic rings. The lowest BCUT2D eigenvalue weighted by molar-refractivity contribution is -0.142. The van der Waals surface area contributed by atoms with Crippen LogP contribution in [0.5, 0.6) is 0 Å². The fraction of sp³-hybridized carbons (Fsp3) is 0.417. The summed E-state index contributed by atoms with van der Waals surface area (Å²) in [6.07, 6.45) is 0.480. The molecule has 1 unspecified atom stereocenters. The Morgan fingerprint density at radius 3 is 2.82 bits per heavy atom. The molecule has 0 spiro atoms. The molecule has 1 heterocycles. The number of aryl methyl sites for hydroxylation is 1. The zero-order chi connectivity index (χ0) is 12.6. The zero-order valence-corrected chi connectivity index (χ0v) is 11.2. The van der Waals surface area contributed by atoms with Gasteiger partial charge in [-0.1, -0.05) is 22.0 Å². The molecule has 0 radical (unpaired) electrons. The van der Waals surface area contributed by atoms with Gasteiger partial charge in [-0.3, -0.25) is 4.79 Å². The van der Waals surface area contributed by atoms with Crippen LogP contribution in [0, 0.1) is 6.92 Å². The van der Waals surface area contributed by atoms with Crippen molar-refractivity contribution in [1.82, 2.24) is 0 Å². The molecule has 4 nitrogen and oxygen atoms in total. The van der Waals surface area contributed by atoms with Gasteiger partial charge in [0.15, 0.2) is 0 Å². The lowest BCUT2D eigenvalue weighted by atomic mass is 10.0. The van der Waals surface area contributed by atoms with Gasteiger partial charge in [0.25, 0.3) is 0 Å². The highest BCUT2D eigenvalue weighted by molar-refractivity contribution is 9.10. The number of anilines is 1. The van der Waals surface area contributed by atoms with Crippen molar-refractivity contribution in [3.8, 4) is 0 Å². The van der Waals surface area contributed by atoms with E-state index in [-0.39, 0.29) is 0 Å². The molecule has 0 bridgehead atoms. The van der Waals surface area contributed by atoms with E-state index in [0.29, 0.717) is 19.5 Å². The normalized spacial score (nSPS) is 24.1. The number of nitrogens with two attached hydrogens (primary N) is 1. The summed E-state index contributed by atoms with van der Waals surface area (Å²) >= 11 is 3.48. The number of rotatable bonds is 2. The second kappa shape index (κ2) is 4.31. The number of hydrogen-bond donors (Lipinski definition) is 2. The van der Waals surface area contributed by atoms with Gasteiger partial charge in [-0.2, -0.15) is 0 Å². The van der Waals surface area contributed by atoms with E-state index in [1.165, 1.54) is 0 Å². The van der Waals surface area contributed by atoms with Crippen LogP contribution in [0.1, 0.15) is 12.0 Å². The fourth-order valence-corrected chi connectivity index (χ4v) is 2.37. The van der Waals surface area contributed by atoms with Crippen LogP contribution in [0.2, 0.25) is 0 Å². The first-order valence-electron chi connectivity index (χ1n) is 5.46. The Balaban J connectivity index is 2.21. The van der Waals surface area contributed by atoms with E-state index in [9.17, 15) is 4.79 Å². The number of carbonyl (C=O) groups is 1. The van der Waals surface area contributed by atoms with Crippen LogP contribution in [-0.4, -0.2) is 29.7 Å². The molecule has 1 aromatic carbocycles. The van der Waals surface area contributed by atoms with Gasteiger partial charge in [0, 0.05) is 23.2 Å². The zero-order valence-electron chi connectivity index (χ0n) is 9.61. The van der Waals surface area contributed by atoms with Crippen LogP contribution in [0.25, 0.3) is 0 Å². The first kappa shape index (κ1) is 12.4. The van der Waals surface area contributed by atoms with E-state index >= 15 is 0 Å². The summed E-state index contributed by atoms with van der Waals surface area (Å²) in [5.41, 5.74) is 6.90. The quantitative estimate of drug-likeness (QED) is 0.873. The van der Waals surface area contributed by atoms with Gasteiger partial charge in [-0.25, -0.2) is 0 Å². The number of carboxylic acid groups (broad SMARTS) is 1. The molecule has 1 aliphatic rings. The van der Waals surface area contributed by atoms with Crippen molar-refractivity contribution < 1.29 is 9.90 Å². The van der Waals surface area contributed by atoms with E-state index in [1.54, 1.807) is 0 Å². The van der Waals surface area contributed by atoms with Crippen LogP contribution in [0.3, 0.4) is 0 Å². The van der Waals surface area contributed by atoms with Gasteiger partial charge in [-0.05, 0) is 31.0 Å². The van der Waals surface area contributed by atoms with Crippen LogP contribution in [-0.2, 0) is 4.79 Å². The first-order chi connectivity index (χ1) is 7.92. The van der Waals surface area contributed by atoms with Gasteiger partial charge >= 0.3 is 5.97 Å². The van der Waals surface area contributed by atoms with Crippen LogP contribution in [0.15, 0.2) is 22.7 Å². The van der Waals surface area contributed by atoms with Gasteiger partial charge in [0.1, 0.15) is 5.54 Å². The molecular weight excluding hydrogens is 284 g/mol. The number of carboxylic acids is 1. The first-order valence-corrected chi connectivity index (χ1v) is 6.25. The molecule has 1 atom stereocenters. The number of aliphatic carboxylic acids is 1. The topological polar surface area (TPSA) is 66.6 Å². The molecule has 17 heavy (non-hydrogen) atoms. The average molecular weight is 299 g/mol. The molecule has 1 fully saturated rings. The van der Waals surface area contributed by atoms with Crippen molar-refractivity contribution in [2.75, 3.05) is 18.0 Å². The minimum atomic E-state index is -1.11. The molecule has 1 aliphatic heterocycles. The maximum atomic E-state index is 11.1. The van der Waals surface area contributed by atoms with Crippen molar-refractivity contribution in [3.05, 3.63) is 28.2 Å². The van der Waals surface area contributed by atoms with Crippen LogP contribution < -0.4 is 10.6 Å². The van der Waals surface area contributed by atoms with E-state index in [0.717, 1.165) is 15.7 Å². The van der Waals surface area contributed by atoms with Gasteiger partial charge < -0.3 is 15.7 Å². The van der Waals surface area contributed by atoms with Crippen molar-refractivity contribution in [1.29, 1.82) is 0 Å². The van der Waals surface area contributed by atoms with Crippen molar-refractivity contribution in [2.24, 2.45) is 5.73 Å². The Bertz CT molecular complexity index is 464. The predicted molar refractivity (Wildman–Crippen MR) is 70.3 cm³/mol. The van der Waals surface area contributed by atoms with Gasteiger partial charge in [-0.15, -0.1) is 0 Å². The third kappa shape index (κ3) is 2.30. The summed E-state index contributed by atoms with van der Waals surface area (Å²) in [6, 6.07) is 6.01. The molecule has 92 valence electrons. The number of halogens is 1. The SMILES string of the molecule is Cc1ccc(N2CCC(N)(C(=O)O)C2)cc1Br. The Labute approximate surface area is 109 Å². The lowest BCUT2D eigenvalue weighted by Gasteiger charge is -2.22. The minimum absolute atomic E-state index is 0.359. The van der Waals surface area contributed by atoms with E-state index in [1.807, 2.05) is 30.0 Å². The predicted octanol–water partition coefficient (Wildman–Crippen LogP) is 1.75. The molecule has 0 saturated carbocycles. The fourth-order valence-electron chi connectivity index (χ4n) is 2.01. The second-order valence-corrected chi connectivity index (χ2v) is 5.42. The largest absolute Gasteiger partial charge is 0.480 e. The summed E-state index contributed by atoms with van der Waals surface area (Å²) in [4.78, 5) is 13.1. The van der Waals surface area contributed by atoms with Crippen LogP contribution >= 0.6 is 15.9 Å². The molecule has 0 aliphatic carbocycles. The molecule has 3 N–H and O–H groups in total.